The first kappa shape index (κ1) is 18.9. The van der Waals surface area contributed by atoms with E-state index in [1.54, 1.807) is 6.08 Å². The number of amides is 1. The molecule has 1 aromatic heterocycles. The molecule has 5 nitrogen and oxygen atoms in total. The number of aryl methyl sites for hydroxylation is 2. The summed E-state index contributed by atoms with van der Waals surface area (Å²) in [5.41, 5.74) is 2.84. The molecule has 0 bridgehead atoms. The fourth-order valence-corrected chi connectivity index (χ4v) is 3.73. The molecule has 0 saturated carbocycles. The summed E-state index contributed by atoms with van der Waals surface area (Å²) in [4.78, 5) is 13.1. The molecule has 27 heavy (non-hydrogen) atoms. The number of carbonyl (C=O) groups is 1. The zero-order chi connectivity index (χ0) is 19.2. The summed E-state index contributed by atoms with van der Waals surface area (Å²) in [5.74, 6) is 0.698. The number of nitrogens with one attached hydrogen (secondary N) is 1. The van der Waals surface area contributed by atoms with Gasteiger partial charge in [-0.25, -0.2) is 0 Å². The number of thioether (sulfide) groups is 1. The molecule has 6 heteroatoms. The molecule has 138 valence electrons. The van der Waals surface area contributed by atoms with Gasteiger partial charge in [-0.15, -0.1) is 16.8 Å². The predicted octanol–water partition coefficient (Wildman–Crippen LogP) is 4.55. The number of nitrogens with zero attached hydrogens (tertiary/aromatic N) is 3. The molecule has 1 heterocycles. The lowest BCUT2D eigenvalue weighted by Gasteiger charge is -2.17. The number of allylic oxidation sites excluding steroid dienone is 1. The quantitative estimate of drug-likeness (QED) is 0.484. The van der Waals surface area contributed by atoms with Crippen molar-refractivity contribution in [3.8, 4) is 0 Å². The maximum atomic E-state index is 13.1. The van der Waals surface area contributed by atoms with Gasteiger partial charge in [-0.2, -0.15) is 0 Å². The Kier molecular flexibility index (Phi) is 6.08. The molecule has 1 amide bonds. The van der Waals surface area contributed by atoms with Crippen LogP contribution in [0.3, 0.4) is 0 Å². The highest BCUT2D eigenvalue weighted by atomic mass is 32.2. The molecule has 0 aliphatic heterocycles. The summed E-state index contributed by atoms with van der Waals surface area (Å²) in [5, 5.41) is 11.7. The molecule has 0 aliphatic rings. The van der Waals surface area contributed by atoms with Crippen LogP contribution < -0.4 is 5.32 Å². The van der Waals surface area contributed by atoms with Crippen molar-refractivity contribution in [1.29, 1.82) is 0 Å². The van der Waals surface area contributed by atoms with Crippen LogP contribution in [-0.4, -0.2) is 20.7 Å². The fourth-order valence-electron chi connectivity index (χ4n) is 2.64. The first-order valence-corrected chi connectivity index (χ1v) is 9.56. The van der Waals surface area contributed by atoms with Gasteiger partial charge < -0.3 is 9.88 Å². The Morgan fingerprint density at radius 1 is 1.15 bits per heavy atom. The molecule has 3 aromatic rings. The van der Waals surface area contributed by atoms with Crippen molar-refractivity contribution in [2.75, 3.05) is 5.32 Å². The number of hydrogen-bond donors (Lipinski definition) is 1. The van der Waals surface area contributed by atoms with Crippen LogP contribution in [0.4, 0.5) is 5.69 Å². The minimum Gasteiger partial charge on any atom is -0.325 e. The standard InChI is InChI=1S/C21H22N4OS/c1-4-14-25-16(3)23-24-21(25)27-19(17-8-6-5-7-9-17)20(26)22-18-12-10-15(2)11-13-18/h4-13,19H,1,14H2,2-3H3,(H,22,26). The van der Waals surface area contributed by atoms with Gasteiger partial charge in [0.05, 0.1) is 0 Å². The minimum atomic E-state index is -0.445. The Balaban J connectivity index is 1.88. The first-order chi connectivity index (χ1) is 13.1. The van der Waals surface area contributed by atoms with Gasteiger partial charge in [0.2, 0.25) is 5.91 Å². The molecule has 1 unspecified atom stereocenters. The number of hydrogen-bond acceptors (Lipinski definition) is 4. The maximum absolute atomic E-state index is 13.1. The monoisotopic (exact) mass is 378 g/mol. The van der Waals surface area contributed by atoms with Crippen LogP contribution in [0.5, 0.6) is 0 Å². The summed E-state index contributed by atoms with van der Waals surface area (Å²) >= 11 is 1.39. The first-order valence-electron chi connectivity index (χ1n) is 8.68. The van der Waals surface area contributed by atoms with Gasteiger partial charge in [-0.05, 0) is 31.5 Å². The zero-order valence-corrected chi connectivity index (χ0v) is 16.2. The van der Waals surface area contributed by atoms with Crippen LogP contribution in [-0.2, 0) is 11.3 Å². The molecule has 1 atom stereocenters. The van der Waals surface area contributed by atoms with E-state index < -0.39 is 5.25 Å². The van der Waals surface area contributed by atoms with Gasteiger partial charge in [-0.3, -0.25) is 4.79 Å². The molecule has 0 saturated heterocycles. The minimum absolute atomic E-state index is 0.0964. The van der Waals surface area contributed by atoms with E-state index in [4.69, 9.17) is 0 Å². The van der Waals surface area contributed by atoms with E-state index in [0.717, 1.165) is 22.6 Å². The van der Waals surface area contributed by atoms with Gasteiger partial charge in [-0.1, -0.05) is 65.9 Å². The molecule has 0 radical (unpaired) electrons. The van der Waals surface area contributed by atoms with Crippen molar-refractivity contribution in [3.05, 3.63) is 84.2 Å². The van der Waals surface area contributed by atoms with E-state index in [2.05, 4.69) is 22.1 Å². The van der Waals surface area contributed by atoms with E-state index in [0.29, 0.717) is 11.7 Å². The van der Waals surface area contributed by atoms with Crippen molar-refractivity contribution >= 4 is 23.4 Å². The Morgan fingerprint density at radius 3 is 2.52 bits per heavy atom. The summed E-state index contributed by atoms with van der Waals surface area (Å²) in [6.45, 7) is 8.30. The summed E-state index contributed by atoms with van der Waals surface area (Å²) in [6.07, 6.45) is 1.80. The Bertz CT molecular complexity index is 919. The summed E-state index contributed by atoms with van der Waals surface area (Å²) in [6, 6.07) is 17.5. The second-order valence-electron chi connectivity index (χ2n) is 6.19. The molecule has 0 fully saturated rings. The second kappa shape index (κ2) is 8.68. The van der Waals surface area contributed by atoms with Crippen LogP contribution in [0.25, 0.3) is 0 Å². The molecule has 0 aliphatic carbocycles. The van der Waals surface area contributed by atoms with Gasteiger partial charge in [0.15, 0.2) is 5.16 Å². The third-order valence-electron chi connectivity index (χ3n) is 4.10. The number of aromatic nitrogens is 3. The van der Waals surface area contributed by atoms with Crippen LogP contribution in [0.2, 0.25) is 0 Å². The summed E-state index contributed by atoms with van der Waals surface area (Å²) in [7, 11) is 0. The van der Waals surface area contributed by atoms with Gasteiger partial charge in [0.1, 0.15) is 11.1 Å². The normalized spacial score (nSPS) is 11.8. The smallest absolute Gasteiger partial charge is 0.242 e. The van der Waals surface area contributed by atoms with E-state index >= 15 is 0 Å². The Hall–Kier alpha value is -2.86. The molecule has 0 spiro atoms. The van der Waals surface area contributed by atoms with Crippen molar-refractivity contribution < 1.29 is 4.79 Å². The van der Waals surface area contributed by atoms with Crippen molar-refractivity contribution in [2.24, 2.45) is 0 Å². The average Bonchev–Trinajstić information content (AvgIpc) is 3.02. The van der Waals surface area contributed by atoms with E-state index in [1.165, 1.54) is 11.8 Å². The zero-order valence-electron chi connectivity index (χ0n) is 15.4. The van der Waals surface area contributed by atoms with E-state index in [1.807, 2.05) is 73.0 Å². The number of carbonyl (C=O) groups excluding carboxylic acids is 1. The molecular weight excluding hydrogens is 356 g/mol. The lowest BCUT2D eigenvalue weighted by atomic mass is 10.1. The number of rotatable bonds is 7. The Labute approximate surface area is 163 Å². The topological polar surface area (TPSA) is 59.8 Å². The molecule has 3 rings (SSSR count). The van der Waals surface area contributed by atoms with Gasteiger partial charge >= 0.3 is 0 Å². The largest absolute Gasteiger partial charge is 0.325 e. The van der Waals surface area contributed by atoms with Gasteiger partial charge in [0, 0.05) is 12.2 Å². The lowest BCUT2D eigenvalue weighted by Crippen LogP contribution is -2.19. The van der Waals surface area contributed by atoms with Crippen molar-refractivity contribution in [1.82, 2.24) is 14.8 Å². The summed E-state index contributed by atoms with van der Waals surface area (Å²) < 4.78 is 1.95. The molecular formula is C21H22N4OS. The van der Waals surface area contributed by atoms with Crippen molar-refractivity contribution in [2.45, 2.75) is 30.8 Å². The highest BCUT2D eigenvalue weighted by Crippen LogP contribution is 2.35. The van der Waals surface area contributed by atoms with Crippen molar-refractivity contribution in [3.63, 3.8) is 0 Å². The highest BCUT2D eigenvalue weighted by molar-refractivity contribution is 8.00. The molecule has 2 aromatic carbocycles. The Morgan fingerprint density at radius 2 is 1.85 bits per heavy atom. The fraction of sp³-hybridized carbons (Fsp3) is 0.190. The highest BCUT2D eigenvalue weighted by Gasteiger charge is 2.25. The second-order valence-corrected chi connectivity index (χ2v) is 7.27. The third kappa shape index (κ3) is 4.65. The maximum Gasteiger partial charge on any atom is 0.242 e. The lowest BCUT2D eigenvalue weighted by molar-refractivity contribution is -0.115. The van der Waals surface area contributed by atoms with E-state index in [9.17, 15) is 4.79 Å². The SMILES string of the molecule is C=CCn1c(C)nnc1SC(C(=O)Nc1ccc(C)cc1)c1ccccc1. The average molecular weight is 379 g/mol. The van der Waals surface area contributed by atoms with E-state index in [-0.39, 0.29) is 5.91 Å². The predicted molar refractivity (Wildman–Crippen MR) is 110 cm³/mol. The number of benzene rings is 2. The third-order valence-corrected chi connectivity index (χ3v) is 5.33. The van der Waals surface area contributed by atoms with Gasteiger partial charge in [0.25, 0.3) is 0 Å². The number of anilines is 1. The van der Waals surface area contributed by atoms with Crippen LogP contribution in [0.1, 0.15) is 22.2 Å². The molecule has 1 N–H and O–H groups in total. The van der Waals surface area contributed by atoms with Crippen LogP contribution >= 0.6 is 11.8 Å². The van der Waals surface area contributed by atoms with Crippen LogP contribution in [0.15, 0.2) is 72.4 Å². The van der Waals surface area contributed by atoms with Crippen LogP contribution in [0, 0.1) is 13.8 Å².